The molecule has 1 aromatic heterocycles. The molecule has 1 atom stereocenters. The van der Waals surface area contributed by atoms with Crippen molar-refractivity contribution in [2.75, 3.05) is 13.1 Å². The average molecular weight is 361 g/mol. The van der Waals surface area contributed by atoms with E-state index in [-0.39, 0.29) is 24.0 Å². The maximum absolute atomic E-state index is 13.1. The summed E-state index contributed by atoms with van der Waals surface area (Å²) >= 11 is 0. The number of ether oxygens (including phenoxy) is 1. The number of amides is 2. The molecule has 2 amide bonds. The van der Waals surface area contributed by atoms with Gasteiger partial charge in [0.15, 0.2) is 0 Å². The van der Waals surface area contributed by atoms with Gasteiger partial charge in [0.25, 0.3) is 0 Å². The number of nitrogens with zero attached hydrogens (tertiary/aromatic N) is 3. The number of aromatic nitrogens is 1. The number of hydrogen-bond acceptors (Lipinski definition) is 4. The van der Waals surface area contributed by atoms with E-state index in [0.29, 0.717) is 19.6 Å². The first-order chi connectivity index (χ1) is 12.2. The molecule has 1 saturated heterocycles. The smallest absolute Gasteiger partial charge is 0.410 e. The van der Waals surface area contributed by atoms with Gasteiger partial charge in [0.2, 0.25) is 5.91 Å². The molecular formula is C20H31N3O3. The molecule has 0 radical (unpaired) electrons. The first kappa shape index (κ1) is 20.2. The van der Waals surface area contributed by atoms with Crippen molar-refractivity contribution in [3.8, 4) is 0 Å². The highest BCUT2D eigenvalue weighted by Crippen LogP contribution is 2.23. The Hall–Kier alpha value is -2.11. The zero-order valence-electron chi connectivity index (χ0n) is 16.6. The Labute approximate surface area is 156 Å². The third kappa shape index (κ3) is 5.71. The van der Waals surface area contributed by atoms with Gasteiger partial charge in [-0.25, -0.2) is 4.79 Å². The molecule has 1 aliphatic heterocycles. The molecule has 0 saturated carbocycles. The number of likely N-dealkylation sites (tertiary alicyclic amines) is 1. The first-order valence-corrected chi connectivity index (χ1v) is 9.34. The highest BCUT2D eigenvalue weighted by molar-refractivity contribution is 5.80. The molecule has 1 aliphatic rings. The van der Waals surface area contributed by atoms with Crippen LogP contribution in [0, 0.1) is 5.92 Å². The number of piperidine rings is 1. The Bertz CT molecular complexity index is 610. The molecule has 0 aliphatic carbocycles. The van der Waals surface area contributed by atoms with Crippen LogP contribution >= 0.6 is 0 Å². The van der Waals surface area contributed by atoms with Gasteiger partial charge in [0.05, 0.1) is 5.92 Å². The molecule has 0 aromatic carbocycles. The van der Waals surface area contributed by atoms with Crippen LogP contribution in [0.15, 0.2) is 24.5 Å². The average Bonchev–Trinajstić information content (AvgIpc) is 2.58. The molecule has 0 N–H and O–H groups in total. The normalized spacial score (nSPS) is 17.9. The second kappa shape index (κ2) is 8.52. The Morgan fingerprint density at radius 3 is 2.54 bits per heavy atom. The minimum absolute atomic E-state index is 0.0903. The van der Waals surface area contributed by atoms with Crippen LogP contribution in [-0.2, 0) is 16.1 Å². The molecular weight excluding hydrogens is 330 g/mol. The monoisotopic (exact) mass is 361 g/mol. The Morgan fingerprint density at radius 1 is 1.31 bits per heavy atom. The van der Waals surface area contributed by atoms with E-state index < -0.39 is 5.60 Å². The minimum atomic E-state index is -0.528. The molecule has 2 rings (SSSR count). The summed E-state index contributed by atoms with van der Waals surface area (Å²) < 4.78 is 5.46. The standard InChI is InChI=1S/C20H31N3O3/c1-15(2)23(13-16-8-10-21-11-9-16)18(24)17-7-6-12-22(14-17)19(25)26-20(3,4)5/h8-11,15,17H,6-7,12-14H2,1-5H3/t17-/m0/s1. The van der Waals surface area contributed by atoms with Crippen LogP contribution in [0.5, 0.6) is 0 Å². The summed E-state index contributed by atoms with van der Waals surface area (Å²) in [6, 6.07) is 3.94. The van der Waals surface area contributed by atoms with Gasteiger partial charge < -0.3 is 14.5 Å². The van der Waals surface area contributed by atoms with E-state index in [1.54, 1.807) is 17.3 Å². The second-order valence-electron chi connectivity index (χ2n) is 8.18. The number of rotatable bonds is 4. The molecule has 26 heavy (non-hydrogen) atoms. The Balaban J connectivity index is 2.04. The van der Waals surface area contributed by atoms with Crippen molar-refractivity contribution >= 4 is 12.0 Å². The van der Waals surface area contributed by atoms with Crippen molar-refractivity contribution in [3.63, 3.8) is 0 Å². The largest absolute Gasteiger partial charge is 0.444 e. The molecule has 0 bridgehead atoms. The summed E-state index contributed by atoms with van der Waals surface area (Å²) in [5.41, 5.74) is 0.529. The second-order valence-corrected chi connectivity index (χ2v) is 8.18. The van der Waals surface area contributed by atoms with Crippen LogP contribution < -0.4 is 0 Å². The van der Waals surface area contributed by atoms with E-state index in [4.69, 9.17) is 4.74 Å². The van der Waals surface area contributed by atoms with Gasteiger partial charge in [-0.3, -0.25) is 9.78 Å². The van der Waals surface area contributed by atoms with Crippen LogP contribution in [-0.4, -0.2) is 51.5 Å². The third-order valence-electron chi connectivity index (χ3n) is 4.43. The van der Waals surface area contributed by atoms with Crippen LogP contribution in [0.4, 0.5) is 4.79 Å². The fourth-order valence-electron chi connectivity index (χ4n) is 3.11. The van der Waals surface area contributed by atoms with E-state index >= 15 is 0 Å². The summed E-state index contributed by atoms with van der Waals surface area (Å²) in [6.45, 7) is 11.2. The van der Waals surface area contributed by atoms with Gasteiger partial charge in [-0.15, -0.1) is 0 Å². The molecule has 2 heterocycles. The van der Waals surface area contributed by atoms with Gasteiger partial charge in [0, 0.05) is 38.1 Å². The topological polar surface area (TPSA) is 62.7 Å². The predicted octanol–water partition coefficient (Wildman–Crippen LogP) is 3.47. The molecule has 6 heteroatoms. The number of carbonyl (C=O) groups excluding carboxylic acids is 2. The minimum Gasteiger partial charge on any atom is -0.444 e. The summed E-state index contributed by atoms with van der Waals surface area (Å²) in [5.74, 6) is -0.0782. The summed E-state index contributed by atoms with van der Waals surface area (Å²) in [4.78, 5) is 33.1. The van der Waals surface area contributed by atoms with Crippen molar-refractivity contribution in [2.24, 2.45) is 5.92 Å². The van der Waals surface area contributed by atoms with E-state index in [9.17, 15) is 9.59 Å². The van der Waals surface area contributed by atoms with Crippen molar-refractivity contribution in [1.82, 2.24) is 14.8 Å². The number of carbonyl (C=O) groups is 2. The van der Waals surface area contributed by atoms with E-state index in [1.165, 1.54) is 0 Å². The lowest BCUT2D eigenvalue weighted by Crippen LogP contribution is -2.49. The first-order valence-electron chi connectivity index (χ1n) is 9.34. The van der Waals surface area contributed by atoms with Crippen molar-refractivity contribution in [3.05, 3.63) is 30.1 Å². The van der Waals surface area contributed by atoms with Crippen LogP contribution in [0.2, 0.25) is 0 Å². The van der Waals surface area contributed by atoms with Gasteiger partial charge in [-0.2, -0.15) is 0 Å². The zero-order chi connectivity index (χ0) is 19.3. The third-order valence-corrected chi connectivity index (χ3v) is 4.43. The SMILES string of the molecule is CC(C)N(Cc1ccncc1)C(=O)[C@H]1CCCN(C(=O)OC(C)(C)C)C1. The van der Waals surface area contributed by atoms with Crippen LogP contribution in [0.3, 0.4) is 0 Å². The maximum atomic E-state index is 13.1. The fourth-order valence-corrected chi connectivity index (χ4v) is 3.11. The zero-order valence-corrected chi connectivity index (χ0v) is 16.6. The molecule has 1 fully saturated rings. The maximum Gasteiger partial charge on any atom is 0.410 e. The Kier molecular flexibility index (Phi) is 6.62. The lowest BCUT2D eigenvalue weighted by molar-refractivity contribution is -0.139. The lowest BCUT2D eigenvalue weighted by atomic mass is 9.96. The summed E-state index contributed by atoms with van der Waals surface area (Å²) in [7, 11) is 0. The summed E-state index contributed by atoms with van der Waals surface area (Å²) in [5, 5.41) is 0. The number of hydrogen-bond donors (Lipinski definition) is 0. The van der Waals surface area contributed by atoms with E-state index in [1.807, 2.05) is 51.7 Å². The van der Waals surface area contributed by atoms with E-state index in [2.05, 4.69) is 4.98 Å². The highest BCUT2D eigenvalue weighted by atomic mass is 16.6. The molecule has 0 unspecified atom stereocenters. The van der Waals surface area contributed by atoms with Crippen molar-refractivity contribution in [1.29, 1.82) is 0 Å². The van der Waals surface area contributed by atoms with Crippen LogP contribution in [0.1, 0.15) is 53.0 Å². The molecule has 1 aromatic rings. The summed E-state index contributed by atoms with van der Waals surface area (Å²) in [6.07, 6.45) is 4.76. The molecule has 0 spiro atoms. The molecule has 144 valence electrons. The Morgan fingerprint density at radius 2 is 1.96 bits per heavy atom. The number of pyridine rings is 1. The lowest BCUT2D eigenvalue weighted by Gasteiger charge is -2.37. The van der Waals surface area contributed by atoms with Crippen molar-refractivity contribution in [2.45, 2.75) is 65.6 Å². The van der Waals surface area contributed by atoms with E-state index in [0.717, 1.165) is 18.4 Å². The molecule has 6 nitrogen and oxygen atoms in total. The van der Waals surface area contributed by atoms with Gasteiger partial charge >= 0.3 is 6.09 Å². The fraction of sp³-hybridized carbons (Fsp3) is 0.650. The van der Waals surface area contributed by atoms with Crippen molar-refractivity contribution < 1.29 is 14.3 Å². The highest BCUT2D eigenvalue weighted by Gasteiger charge is 2.33. The van der Waals surface area contributed by atoms with Gasteiger partial charge in [-0.1, -0.05) is 0 Å². The van der Waals surface area contributed by atoms with Gasteiger partial charge in [-0.05, 0) is 65.2 Å². The quantitative estimate of drug-likeness (QED) is 0.824. The van der Waals surface area contributed by atoms with Crippen LogP contribution in [0.25, 0.3) is 0 Å². The predicted molar refractivity (Wildman–Crippen MR) is 100 cm³/mol. The van der Waals surface area contributed by atoms with Gasteiger partial charge in [0.1, 0.15) is 5.60 Å².